The van der Waals surface area contributed by atoms with E-state index in [1.54, 1.807) is 6.92 Å². The Morgan fingerprint density at radius 1 is 0.839 bits per heavy atom. The number of hydrogen-bond donors (Lipinski definition) is 2. The molecule has 4 heteroatoms. The molecule has 1 amide bonds. The average Bonchev–Trinajstić information content (AvgIpc) is 2.49. The molecular formula is C27H51NO3. The zero-order valence-electron chi connectivity index (χ0n) is 22.5. The molecule has 4 nitrogen and oxygen atoms in total. The third kappa shape index (κ3) is 7.58. The highest BCUT2D eigenvalue weighted by molar-refractivity contribution is 5.88. The van der Waals surface area contributed by atoms with Crippen molar-refractivity contribution in [2.24, 2.45) is 33.5 Å². The molecule has 3 unspecified atom stereocenters. The molecule has 0 aliphatic heterocycles. The van der Waals surface area contributed by atoms with Crippen molar-refractivity contribution >= 4 is 11.7 Å². The number of hydrogen-bond acceptors (Lipinski definition) is 3. The second-order valence-corrected chi connectivity index (χ2v) is 14.0. The standard InChI is InChI=1S/C27H51NO3/c1-18(29)28-27(11,12)17-25(7,8)20-14-13-19(15-21(20)30)24(5,6)16-26(9,10)22(31)23(2,3)4/h19-21,30H,13-17H2,1-12H3,(H,28,29). The minimum absolute atomic E-state index is 0.0146. The predicted octanol–water partition coefficient (Wildman–Crippen LogP) is 6.15. The molecule has 0 aromatic heterocycles. The SMILES string of the molecule is CC(=O)NC(C)(C)CC(C)(C)C1CCC(C(C)(C)CC(C)(C)C(=O)C(C)(C)C)CC1O. The van der Waals surface area contributed by atoms with Crippen LogP contribution in [0.2, 0.25) is 0 Å². The maximum Gasteiger partial charge on any atom is 0.217 e. The highest BCUT2D eigenvalue weighted by Gasteiger charge is 2.47. The number of rotatable bonds is 8. The normalized spacial score (nSPS) is 24.1. The third-order valence-corrected chi connectivity index (χ3v) is 7.53. The van der Waals surface area contributed by atoms with E-state index in [2.05, 4.69) is 60.7 Å². The van der Waals surface area contributed by atoms with Gasteiger partial charge in [-0.05, 0) is 68.6 Å². The van der Waals surface area contributed by atoms with E-state index in [0.29, 0.717) is 11.7 Å². The first-order chi connectivity index (χ1) is 13.6. The summed E-state index contributed by atoms with van der Waals surface area (Å²) in [5.74, 6) is 0.893. The minimum atomic E-state index is -0.384. The van der Waals surface area contributed by atoms with E-state index < -0.39 is 0 Å². The molecule has 0 bridgehead atoms. The zero-order chi connectivity index (χ0) is 24.6. The van der Waals surface area contributed by atoms with Gasteiger partial charge >= 0.3 is 0 Å². The maximum absolute atomic E-state index is 13.0. The molecule has 0 spiro atoms. The summed E-state index contributed by atoms with van der Waals surface area (Å²) < 4.78 is 0. The molecule has 1 fully saturated rings. The Balaban J connectivity index is 2.90. The number of carbonyl (C=O) groups excluding carboxylic acids is 2. The van der Waals surface area contributed by atoms with Crippen molar-refractivity contribution in [3.63, 3.8) is 0 Å². The van der Waals surface area contributed by atoms with E-state index in [0.717, 1.165) is 32.1 Å². The second-order valence-electron chi connectivity index (χ2n) is 14.0. The van der Waals surface area contributed by atoms with E-state index in [1.807, 2.05) is 20.8 Å². The fourth-order valence-corrected chi connectivity index (χ4v) is 6.94. The maximum atomic E-state index is 13.0. The Kier molecular flexibility index (Phi) is 8.31. The van der Waals surface area contributed by atoms with Gasteiger partial charge in [0.1, 0.15) is 5.78 Å². The van der Waals surface area contributed by atoms with Crippen LogP contribution in [0, 0.1) is 33.5 Å². The van der Waals surface area contributed by atoms with Crippen LogP contribution in [-0.2, 0) is 9.59 Å². The van der Waals surface area contributed by atoms with Crippen LogP contribution in [0.5, 0.6) is 0 Å². The van der Waals surface area contributed by atoms with Gasteiger partial charge in [0, 0.05) is 23.3 Å². The third-order valence-electron chi connectivity index (χ3n) is 7.53. The Morgan fingerprint density at radius 2 is 1.35 bits per heavy atom. The van der Waals surface area contributed by atoms with Crippen LogP contribution in [0.1, 0.15) is 115 Å². The smallest absolute Gasteiger partial charge is 0.217 e. The molecule has 1 aliphatic rings. The van der Waals surface area contributed by atoms with Crippen LogP contribution in [0.4, 0.5) is 0 Å². The Labute approximate surface area is 192 Å². The summed E-state index contributed by atoms with van der Waals surface area (Å²) >= 11 is 0. The molecule has 2 N–H and O–H groups in total. The molecule has 3 atom stereocenters. The van der Waals surface area contributed by atoms with Crippen LogP contribution in [0.25, 0.3) is 0 Å². The fourth-order valence-electron chi connectivity index (χ4n) is 6.94. The molecule has 1 aliphatic carbocycles. The lowest BCUT2D eigenvalue weighted by Crippen LogP contribution is -2.50. The second kappa shape index (κ2) is 9.15. The van der Waals surface area contributed by atoms with E-state index in [-0.39, 0.29) is 45.1 Å². The first-order valence-corrected chi connectivity index (χ1v) is 12.1. The first-order valence-electron chi connectivity index (χ1n) is 12.1. The van der Waals surface area contributed by atoms with Crippen molar-refractivity contribution in [1.29, 1.82) is 0 Å². The van der Waals surface area contributed by atoms with E-state index in [9.17, 15) is 14.7 Å². The summed E-state index contributed by atoms with van der Waals surface area (Å²) in [6.45, 7) is 24.8. The van der Waals surface area contributed by atoms with E-state index in [4.69, 9.17) is 0 Å². The lowest BCUT2D eigenvalue weighted by Gasteiger charge is -2.50. The Morgan fingerprint density at radius 3 is 1.77 bits per heavy atom. The molecule has 0 radical (unpaired) electrons. The zero-order valence-corrected chi connectivity index (χ0v) is 22.5. The number of amides is 1. The molecule has 1 rings (SSSR count). The molecule has 1 saturated carbocycles. The predicted molar refractivity (Wildman–Crippen MR) is 130 cm³/mol. The lowest BCUT2D eigenvalue weighted by atomic mass is 9.57. The van der Waals surface area contributed by atoms with Crippen LogP contribution in [0.15, 0.2) is 0 Å². The van der Waals surface area contributed by atoms with Crippen molar-refractivity contribution in [2.45, 2.75) is 127 Å². The van der Waals surface area contributed by atoms with Crippen molar-refractivity contribution in [2.75, 3.05) is 0 Å². The van der Waals surface area contributed by atoms with Crippen LogP contribution >= 0.6 is 0 Å². The summed E-state index contributed by atoms with van der Waals surface area (Å²) in [6, 6.07) is 0. The lowest BCUT2D eigenvalue weighted by molar-refractivity contribution is -0.137. The van der Waals surface area contributed by atoms with E-state index >= 15 is 0 Å². The summed E-state index contributed by atoms with van der Waals surface area (Å²) in [7, 11) is 0. The first kappa shape index (κ1) is 28.1. The van der Waals surface area contributed by atoms with Gasteiger partial charge in [-0.2, -0.15) is 0 Å². The van der Waals surface area contributed by atoms with Crippen LogP contribution in [0.3, 0.4) is 0 Å². The minimum Gasteiger partial charge on any atom is -0.393 e. The quantitative estimate of drug-likeness (QED) is 0.478. The van der Waals surface area contributed by atoms with Crippen molar-refractivity contribution in [3.8, 4) is 0 Å². The summed E-state index contributed by atoms with van der Waals surface area (Å²) in [5, 5.41) is 14.3. The van der Waals surface area contributed by atoms with Crippen molar-refractivity contribution < 1.29 is 14.7 Å². The molecular weight excluding hydrogens is 386 g/mol. The number of ketones is 1. The molecule has 0 heterocycles. The molecule has 31 heavy (non-hydrogen) atoms. The molecule has 182 valence electrons. The number of Topliss-reactive ketones (excluding diaryl/α,β-unsaturated/α-hetero) is 1. The molecule has 0 saturated heterocycles. The topological polar surface area (TPSA) is 66.4 Å². The molecule has 0 aromatic rings. The highest BCUT2D eigenvalue weighted by Crippen LogP contribution is 2.51. The van der Waals surface area contributed by atoms with Crippen LogP contribution < -0.4 is 5.32 Å². The van der Waals surface area contributed by atoms with Crippen LogP contribution in [-0.4, -0.2) is 28.4 Å². The van der Waals surface area contributed by atoms with Gasteiger partial charge in [0.05, 0.1) is 6.10 Å². The van der Waals surface area contributed by atoms with Gasteiger partial charge in [0.2, 0.25) is 5.91 Å². The van der Waals surface area contributed by atoms with E-state index in [1.165, 1.54) is 0 Å². The number of nitrogens with one attached hydrogen (secondary N) is 1. The highest BCUT2D eigenvalue weighted by atomic mass is 16.3. The van der Waals surface area contributed by atoms with Crippen molar-refractivity contribution in [3.05, 3.63) is 0 Å². The fraction of sp³-hybridized carbons (Fsp3) is 0.926. The monoisotopic (exact) mass is 437 g/mol. The summed E-state index contributed by atoms with van der Waals surface area (Å²) in [4.78, 5) is 24.6. The van der Waals surface area contributed by atoms with Gasteiger partial charge in [0.25, 0.3) is 0 Å². The van der Waals surface area contributed by atoms with Gasteiger partial charge in [-0.1, -0.05) is 62.3 Å². The molecule has 0 aromatic carbocycles. The Bertz CT molecular complexity index is 652. The number of carbonyl (C=O) groups is 2. The van der Waals surface area contributed by atoms with Gasteiger partial charge in [-0.3, -0.25) is 9.59 Å². The number of aliphatic hydroxyl groups excluding tert-OH is 1. The Hall–Kier alpha value is -0.900. The van der Waals surface area contributed by atoms with Crippen molar-refractivity contribution in [1.82, 2.24) is 5.32 Å². The number of aliphatic hydroxyl groups is 1. The van der Waals surface area contributed by atoms with Gasteiger partial charge in [-0.25, -0.2) is 0 Å². The summed E-state index contributed by atoms with van der Waals surface area (Å²) in [6.07, 6.45) is 4.12. The van der Waals surface area contributed by atoms with Gasteiger partial charge < -0.3 is 10.4 Å². The summed E-state index contributed by atoms with van der Waals surface area (Å²) in [5.41, 5.74) is -1.13. The van der Waals surface area contributed by atoms with Gasteiger partial charge in [-0.15, -0.1) is 0 Å². The largest absolute Gasteiger partial charge is 0.393 e. The van der Waals surface area contributed by atoms with Gasteiger partial charge in [0.15, 0.2) is 0 Å². The average molecular weight is 438 g/mol.